The van der Waals surface area contributed by atoms with Gasteiger partial charge in [-0.15, -0.1) is 11.8 Å². The van der Waals surface area contributed by atoms with Crippen LogP contribution in [0.2, 0.25) is 0 Å². The van der Waals surface area contributed by atoms with Crippen LogP contribution in [0.1, 0.15) is 22.8 Å². The molecule has 4 aliphatic rings. The van der Waals surface area contributed by atoms with E-state index in [1.807, 2.05) is 60.7 Å². The van der Waals surface area contributed by atoms with Crippen LogP contribution >= 0.6 is 39.0 Å². The van der Waals surface area contributed by atoms with Gasteiger partial charge in [-0.05, 0) is 77.4 Å². The number of nitrogens with one attached hydrogen (secondary N) is 2. The first-order valence-corrected chi connectivity index (χ1v) is 18.9. The number of carbonyl (C=O) groups is 3. The van der Waals surface area contributed by atoms with E-state index in [1.165, 1.54) is 29.2 Å². The van der Waals surface area contributed by atoms with E-state index in [2.05, 4.69) is 26.2 Å². The number of amides is 3. The average Bonchev–Trinajstić information content (AvgIpc) is 3.86. The van der Waals surface area contributed by atoms with Gasteiger partial charge in [0.15, 0.2) is 6.61 Å². The lowest BCUT2D eigenvalue weighted by Crippen LogP contribution is -2.42. The highest BCUT2D eigenvalue weighted by Crippen LogP contribution is 2.69. The van der Waals surface area contributed by atoms with Gasteiger partial charge in [0.05, 0.1) is 27.5 Å². The first-order chi connectivity index (χ1) is 24.7. The van der Waals surface area contributed by atoms with Gasteiger partial charge >= 0.3 is 4.87 Å². The van der Waals surface area contributed by atoms with E-state index in [-0.39, 0.29) is 63.8 Å². The summed E-state index contributed by atoms with van der Waals surface area (Å²) in [5.74, 6) is -2.18. The maximum atomic E-state index is 14.1. The van der Waals surface area contributed by atoms with E-state index < -0.39 is 16.8 Å². The van der Waals surface area contributed by atoms with Gasteiger partial charge in [-0.3, -0.25) is 34.2 Å². The van der Waals surface area contributed by atoms with Crippen molar-refractivity contribution in [3.63, 3.8) is 0 Å². The number of halogens is 1. The number of nitro groups is 1. The number of rotatable bonds is 7. The van der Waals surface area contributed by atoms with Crippen LogP contribution in [0.25, 0.3) is 10.8 Å². The van der Waals surface area contributed by atoms with Crippen molar-refractivity contribution in [1.29, 1.82) is 0 Å². The number of ether oxygens (including phenoxy) is 1. The van der Waals surface area contributed by atoms with Gasteiger partial charge < -0.3 is 15.0 Å². The summed E-state index contributed by atoms with van der Waals surface area (Å²) in [6.07, 6.45) is 0.692. The van der Waals surface area contributed by atoms with Gasteiger partial charge in [0.2, 0.25) is 11.8 Å². The lowest BCUT2D eigenvalue weighted by molar-refractivity contribution is -0.384. The number of aromatic amines is 1. The number of benzene rings is 4. The number of nitro benzene ring substituents is 1. The standard InChI is InChI=1S/C37H27BrN4O7S2/c38-19-6-12-26(49-16-27(43)39-20-7-5-17-3-1-2-4-18(17)13-20)23(14-19)28-29-24-15-25(32(29)50-34-33(28)51-37(46)40-34)31-30(24)35(44)41(36(31)45)21-8-10-22(11-9-21)42(47)48/h1-14,24-25,28-32H,15-16H2,(H,39,43)(H,40,46)/t24-,25-,28-,29?,30?,31?,32?/m1/s1. The number of H-pyrrole nitrogens is 1. The van der Waals surface area contributed by atoms with Crippen LogP contribution in [0, 0.1) is 39.7 Å². The summed E-state index contributed by atoms with van der Waals surface area (Å²) in [6.45, 7) is -0.249. The zero-order chi connectivity index (χ0) is 35.1. The van der Waals surface area contributed by atoms with E-state index in [4.69, 9.17) is 4.74 Å². The van der Waals surface area contributed by atoms with Crippen molar-refractivity contribution < 1.29 is 24.0 Å². The third-order valence-electron chi connectivity index (χ3n) is 10.7. The number of hydrogen-bond donors (Lipinski definition) is 2. The minimum Gasteiger partial charge on any atom is -0.483 e. The second-order valence-electron chi connectivity index (χ2n) is 13.3. The third kappa shape index (κ3) is 5.22. The maximum Gasteiger partial charge on any atom is 0.305 e. The Bertz CT molecular complexity index is 2360. The van der Waals surface area contributed by atoms with Crippen molar-refractivity contribution in [2.24, 2.45) is 29.6 Å². The highest BCUT2D eigenvalue weighted by atomic mass is 79.9. The SMILES string of the molecule is O=C(COc1ccc(Br)cc1[C@H]1c2sc(=O)[nH]c2SC2C1[C@H]1C[C@@H]2C2C(=O)N(c3ccc([N+](=O)[O-])cc3)C(=O)C21)Nc1ccc2ccccc2c1. The quantitative estimate of drug-likeness (QED) is 0.102. The molecule has 51 heavy (non-hydrogen) atoms. The Morgan fingerprint density at radius 3 is 2.47 bits per heavy atom. The number of thioether (sulfide) groups is 1. The number of imide groups is 1. The number of anilines is 2. The topological polar surface area (TPSA) is 152 Å². The largest absolute Gasteiger partial charge is 0.483 e. The second-order valence-corrected chi connectivity index (χ2v) is 16.4. The van der Waals surface area contributed by atoms with Crippen LogP contribution in [0.3, 0.4) is 0 Å². The number of hydrogen-bond acceptors (Lipinski definition) is 9. The second kappa shape index (κ2) is 12.2. The van der Waals surface area contributed by atoms with Crippen molar-refractivity contribution in [2.45, 2.75) is 22.6 Å². The molecule has 2 saturated carbocycles. The molecule has 3 fully saturated rings. The highest BCUT2D eigenvalue weighted by molar-refractivity contribution is 9.10. The summed E-state index contributed by atoms with van der Waals surface area (Å²) in [5.41, 5.74) is 1.65. The Morgan fingerprint density at radius 2 is 1.71 bits per heavy atom. The molecule has 7 atom stereocenters. The highest BCUT2D eigenvalue weighted by Gasteiger charge is 2.70. The smallest absolute Gasteiger partial charge is 0.305 e. The predicted molar refractivity (Wildman–Crippen MR) is 196 cm³/mol. The summed E-state index contributed by atoms with van der Waals surface area (Å²) < 4.78 is 7.04. The molecule has 2 N–H and O–H groups in total. The lowest BCUT2D eigenvalue weighted by atomic mass is 9.68. The van der Waals surface area contributed by atoms with Crippen LogP contribution in [-0.2, 0) is 14.4 Å². The van der Waals surface area contributed by atoms with Gasteiger partial charge in [-0.1, -0.05) is 57.6 Å². The number of carbonyl (C=O) groups excluding carboxylic acids is 3. The average molecular weight is 784 g/mol. The van der Waals surface area contributed by atoms with Crippen molar-refractivity contribution >= 4 is 84.6 Å². The monoisotopic (exact) mass is 782 g/mol. The van der Waals surface area contributed by atoms with Gasteiger partial charge in [0.25, 0.3) is 11.6 Å². The predicted octanol–water partition coefficient (Wildman–Crippen LogP) is 6.96. The summed E-state index contributed by atoms with van der Waals surface area (Å²) >= 11 is 6.34. The van der Waals surface area contributed by atoms with Crippen LogP contribution in [0.5, 0.6) is 5.75 Å². The lowest BCUT2D eigenvalue weighted by Gasteiger charge is -2.43. The number of non-ortho nitro benzene ring substituents is 1. The molecule has 4 unspecified atom stereocenters. The third-order valence-corrected chi connectivity index (χ3v) is 13.8. The molecular weight excluding hydrogens is 756 g/mol. The fourth-order valence-electron chi connectivity index (χ4n) is 8.84. The van der Waals surface area contributed by atoms with E-state index in [9.17, 15) is 29.3 Å². The van der Waals surface area contributed by atoms with E-state index in [1.54, 1.807) is 11.8 Å². The Kier molecular flexibility index (Phi) is 7.67. The molecule has 0 radical (unpaired) electrons. The molecule has 0 spiro atoms. The first-order valence-electron chi connectivity index (χ1n) is 16.4. The number of aromatic nitrogens is 1. The Hall–Kier alpha value is -4.79. The molecule has 5 aromatic rings. The molecule has 3 heterocycles. The van der Waals surface area contributed by atoms with Crippen LogP contribution in [-0.4, -0.2) is 39.5 Å². The van der Waals surface area contributed by atoms with Gasteiger partial charge in [-0.2, -0.15) is 0 Å². The molecule has 1 saturated heterocycles. The molecular formula is C37H27BrN4O7S2. The fourth-order valence-corrected chi connectivity index (χ4v) is 12.1. The zero-order valence-corrected chi connectivity index (χ0v) is 29.7. The molecule has 9 rings (SSSR count). The summed E-state index contributed by atoms with van der Waals surface area (Å²) in [7, 11) is 0. The molecule has 1 aromatic heterocycles. The number of nitrogens with zero attached hydrogens (tertiary/aromatic N) is 2. The molecule has 4 aromatic carbocycles. The van der Waals surface area contributed by atoms with Crippen LogP contribution in [0.15, 0.2) is 99.2 Å². The Labute approximate surface area is 306 Å². The van der Waals surface area contributed by atoms with E-state index in [0.29, 0.717) is 23.5 Å². The van der Waals surface area contributed by atoms with Crippen LogP contribution < -0.4 is 19.8 Å². The molecule has 2 bridgehead atoms. The summed E-state index contributed by atoms with van der Waals surface area (Å²) in [6, 6.07) is 24.7. The molecule has 11 nitrogen and oxygen atoms in total. The molecule has 3 amide bonds. The van der Waals surface area contributed by atoms with Gasteiger partial charge in [0, 0.05) is 43.9 Å². The van der Waals surface area contributed by atoms with E-state index in [0.717, 1.165) is 42.0 Å². The summed E-state index contributed by atoms with van der Waals surface area (Å²) in [5, 5.41) is 16.9. The summed E-state index contributed by atoms with van der Waals surface area (Å²) in [4.78, 5) is 69.7. The molecule has 256 valence electrons. The minimum atomic E-state index is -0.552. The number of fused-ring (bicyclic) bond motifs is 10. The Balaban J connectivity index is 1.03. The fraction of sp³-hybridized carbons (Fsp3) is 0.243. The van der Waals surface area contributed by atoms with Crippen molar-refractivity contribution in [1.82, 2.24) is 4.98 Å². The maximum absolute atomic E-state index is 14.1. The van der Waals surface area contributed by atoms with Crippen molar-refractivity contribution in [3.8, 4) is 5.75 Å². The number of thiazole rings is 1. The van der Waals surface area contributed by atoms with Crippen molar-refractivity contribution in [2.75, 3.05) is 16.8 Å². The van der Waals surface area contributed by atoms with Crippen molar-refractivity contribution in [3.05, 3.63) is 120 Å². The minimum absolute atomic E-state index is 0.0596. The van der Waals surface area contributed by atoms with Gasteiger partial charge in [-0.25, -0.2) is 0 Å². The molecule has 2 aliphatic carbocycles. The normalized spacial score (nSPS) is 25.8. The molecule has 2 aliphatic heterocycles. The van der Waals surface area contributed by atoms with E-state index >= 15 is 0 Å². The van der Waals surface area contributed by atoms with Gasteiger partial charge in [0.1, 0.15) is 5.75 Å². The first kappa shape index (κ1) is 32.1. The van der Waals surface area contributed by atoms with Crippen LogP contribution in [0.4, 0.5) is 17.1 Å². The Morgan fingerprint density at radius 1 is 0.961 bits per heavy atom. The zero-order valence-electron chi connectivity index (χ0n) is 26.5. The molecule has 14 heteroatoms.